The smallest absolute Gasteiger partial charge is 0.129 e. The summed E-state index contributed by atoms with van der Waals surface area (Å²) in [4.78, 5) is 14.7. The second kappa shape index (κ2) is 6.36. The van der Waals surface area contributed by atoms with Crippen LogP contribution >= 0.6 is 0 Å². The summed E-state index contributed by atoms with van der Waals surface area (Å²) in [6.45, 7) is 4.23. The molecule has 0 fully saturated rings. The van der Waals surface area contributed by atoms with E-state index in [4.69, 9.17) is 15.0 Å². The molecule has 1 aromatic carbocycles. The molecule has 30 heavy (non-hydrogen) atoms. The molecule has 0 amide bonds. The fraction of sp³-hybridized carbons (Fsp3) is 0.269. The van der Waals surface area contributed by atoms with Gasteiger partial charge < -0.3 is 4.57 Å². The third-order valence-electron chi connectivity index (χ3n) is 6.51. The number of fused-ring (bicyclic) bond motifs is 6. The average molecular weight is 393 g/mol. The van der Waals surface area contributed by atoms with E-state index in [2.05, 4.69) is 74.1 Å². The van der Waals surface area contributed by atoms with Gasteiger partial charge in [0.1, 0.15) is 11.6 Å². The Morgan fingerprint density at radius 2 is 1.97 bits per heavy atom. The number of nitrogens with zero attached hydrogens (tertiary/aromatic N) is 4. The minimum atomic E-state index is 0.555. The lowest BCUT2D eigenvalue weighted by Gasteiger charge is -2.09. The van der Waals surface area contributed by atoms with Crippen molar-refractivity contribution in [1.82, 2.24) is 19.5 Å². The minimum absolute atomic E-state index is 0.555. The molecule has 0 spiro atoms. The van der Waals surface area contributed by atoms with E-state index >= 15 is 0 Å². The zero-order valence-corrected chi connectivity index (χ0v) is 17.6. The van der Waals surface area contributed by atoms with Crippen LogP contribution in [0.1, 0.15) is 41.8 Å². The molecule has 0 saturated carbocycles. The van der Waals surface area contributed by atoms with Gasteiger partial charge in [-0.15, -0.1) is 0 Å². The predicted molar refractivity (Wildman–Crippen MR) is 122 cm³/mol. The molecule has 0 N–H and O–H groups in total. The highest BCUT2D eigenvalue weighted by Crippen LogP contribution is 2.46. The molecule has 3 aliphatic rings. The largest absolute Gasteiger partial charge is 0.331 e. The first kappa shape index (κ1) is 17.6. The molecule has 0 bridgehead atoms. The maximum atomic E-state index is 5.04. The number of aryl methyl sites for hydroxylation is 4. The second-order valence-corrected chi connectivity index (χ2v) is 8.60. The van der Waals surface area contributed by atoms with E-state index in [9.17, 15) is 0 Å². The van der Waals surface area contributed by atoms with Crippen LogP contribution in [0.25, 0.3) is 34.8 Å². The molecule has 6 rings (SSSR count). The van der Waals surface area contributed by atoms with Crippen LogP contribution < -0.4 is 10.6 Å². The Morgan fingerprint density at radius 3 is 2.87 bits per heavy atom. The van der Waals surface area contributed by atoms with E-state index in [1.165, 1.54) is 27.8 Å². The van der Waals surface area contributed by atoms with E-state index in [1.807, 2.05) is 0 Å². The van der Waals surface area contributed by atoms with Gasteiger partial charge in [-0.2, -0.15) is 0 Å². The summed E-state index contributed by atoms with van der Waals surface area (Å²) in [5.74, 6) is 2.54. The van der Waals surface area contributed by atoms with Gasteiger partial charge in [-0.05, 0) is 37.5 Å². The van der Waals surface area contributed by atoms with Crippen LogP contribution in [-0.4, -0.2) is 19.5 Å². The van der Waals surface area contributed by atoms with Crippen molar-refractivity contribution in [2.45, 2.75) is 33.1 Å². The molecule has 2 aromatic heterocycles. The minimum Gasteiger partial charge on any atom is -0.331 e. The predicted octanol–water partition coefficient (Wildman–Crippen LogP) is 3.41. The van der Waals surface area contributed by atoms with Crippen molar-refractivity contribution < 1.29 is 0 Å². The Hall–Kier alpha value is -3.27. The zero-order chi connectivity index (χ0) is 20.4. The molecule has 3 aromatic rings. The highest BCUT2D eigenvalue weighted by Gasteiger charge is 2.29. The van der Waals surface area contributed by atoms with Crippen LogP contribution in [0.3, 0.4) is 0 Å². The Balaban J connectivity index is 1.34. The number of benzene rings is 1. The van der Waals surface area contributed by atoms with Gasteiger partial charge in [0.05, 0.1) is 16.4 Å². The van der Waals surface area contributed by atoms with Gasteiger partial charge in [-0.1, -0.05) is 48.1 Å². The lowest BCUT2D eigenvalue weighted by atomic mass is 9.96. The van der Waals surface area contributed by atoms with Crippen LogP contribution in [0.5, 0.6) is 0 Å². The number of rotatable bonds is 3. The van der Waals surface area contributed by atoms with Crippen LogP contribution in [0, 0.1) is 12.8 Å². The highest BCUT2D eigenvalue weighted by atomic mass is 15.1. The zero-order valence-electron chi connectivity index (χ0n) is 17.6. The van der Waals surface area contributed by atoms with E-state index in [-0.39, 0.29) is 0 Å². The fourth-order valence-corrected chi connectivity index (χ4v) is 4.66. The SMILES string of the molecule is CC1=CC=c2c(C)nc(CCc3nc4c5c(ccc4n3C)C3=CC3C=C5)nc2=CC1. The molecule has 3 aliphatic carbocycles. The number of hydrogen-bond acceptors (Lipinski definition) is 3. The Bertz CT molecular complexity index is 1450. The van der Waals surface area contributed by atoms with Gasteiger partial charge in [-0.3, -0.25) is 0 Å². The van der Waals surface area contributed by atoms with Gasteiger partial charge in [0.25, 0.3) is 0 Å². The molecule has 148 valence electrons. The third-order valence-corrected chi connectivity index (χ3v) is 6.51. The quantitative estimate of drug-likeness (QED) is 0.686. The maximum absolute atomic E-state index is 5.04. The van der Waals surface area contributed by atoms with Crippen molar-refractivity contribution in [3.05, 3.63) is 75.0 Å². The van der Waals surface area contributed by atoms with Gasteiger partial charge in [0, 0.05) is 42.3 Å². The molecule has 0 aliphatic heterocycles. The van der Waals surface area contributed by atoms with Gasteiger partial charge >= 0.3 is 0 Å². The first-order valence-corrected chi connectivity index (χ1v) is 10.7. The summed E-state index contributed by atoms with van der Waals surface area (Å²) >= 11 is 0. The first-order valence-electron chi connectivity index (χ1n) is 10.7. The van der Waals surface area contributed by atoms with Crippen molar-refractivity contribution in [3.63, 3.8) is 0 Å². The Kier molecular flexibility index (Phi) is 3.73. The number of aromatic nitrogens is 4. The van der Waals surface area contributed by atoms with E-state index in [0.29, 0.717) is 5.92 Å². The maximum Gasteiger partial charge on any atom is 0.129 e. The van der Waals surface area contributed by atoms with Gasteiger partial charge in [0.2, 0.25) is 0 Å². The molecule has 4 nitrogen and oxygen atoms in total. The molecule has 1 unspecified atom stereocenters. The molecule has 2 heterocycles. The van der Waals surface area contributed by atoms with Crippen molar-refractivity contribution in [1.29, 1.82) is 0 Å². The summed E-state index contributed by atoms with van der Waals surface area (Å²) in [7, 11) is 2.11. The summed E-state index contributed by atoms with van der Waals surface area (Å²) in [6.07, 6.45) is 15.9. The fourth-order valence-electron chi connectivity index (χ4n) is 4.66. The normalized spacial score (nSPS) is 18.4. The summed E-state index contributed by atoms with van der Waals surface area (Å²) in [5.41, 5.74) is 8.76. The topological polar surface area (TPSA) is 43.6 Å². The lowest BCUT2D eigenvalue weighted by Crippen LogP contribution is -2.33. The Morgan fingerprint density at radius 1 is 1.07 bits per heavy atom. The van der Waals surface area contributed by atoms with E-state index < -0.39 is 0 Å². The summed E-state index contributed by atoms with van der Waals surface area (Å²) in [6, 6.07) is 4.46. The molecule has 4 heteroatoms. The van der Waals surface area contributed by atoms with Crippen LogP contribution in [0.2, 0.25) is 0 Å². The van der Waals surface area contributed by atoms with Crippen molar-refractivity contribution in [2.75, 3.05) is 0 Å². The van der Waals surface area contributed by atoms with Gasteiger partial charge in [-0.25, -0.2) is 15.0 Å². The van der Waals surface area contributed by atoms with Gasteiger partial charge in [0.15, 0.2) is 0 Å². The van der Waals surface area contributed by atoms with Crippen LogP contribution in [-0.2, 0) is 19.9 Å². The molecule has 0 saturated heterocycles. The standard InChI is InChI=1S/C26H24N4/c1-15-4-7-18-16(2)27-24(28-22(18)10-5-15)12-13-25-29-26-20-8-6-17-14-21(17)19(20)9-11-23(26)30(25)3/h4,6-11,14,17H,5,12-13H2,1-3H3. The number of imidazole rings is 1. The first-order chi connectivity index (χ1) is 14.6. The molecule has 0 radical (unpaired) electrons. The van der Waals surface area contributed by atoms with Crippen LogP contribution in [0.15, 0.2) is 35.9 Å². The lowest BCUT2D eigenvalue weighted by molar-refractivity contribution is 0.750. The number of hydrogen-bond donors (Lipinski definition) is 0. The molecular formula is C26H24N4. The van der Waals surface area contributed by atoms with Crippen molar-refractivity contribution in [2.24, 2.45) is 13.0 Å². The summed E-state index contributed by atoms with van der Waals surface area (Å²) in [5, 5.41) is 2.20. The van der Waals surface area contributed by atoms with E-state index in [0.717, 1.165) is 52.7 Å². The second-order valence-electron chi connectivity index (χ2n) is 8.60. The van der Waals surface area contributed by atoms with Crippen LogP contribution in [0.4, 0.5) is 0 Å². The highest BCUT2D eigenvalue weighted by molar-refractivity contribution is 5.99. The number of allylic oxidation sites excluding steroid dienone is 5. The third kappa shape index (κ3) is 2.71. The monoisotopic (exact) mass is 392 g/mol. The van der Waals surface area contributed by atoms with E-state index in [1.54, 1.807) is 0 Å². The summed E-state index contributed by atoms with van der Waals surface area (Å²) < 4.78 is 2.22. The Labute approximate surface area is 175 Å². The average Bonchev–Trinajstić information content (AvgIpc) is 3.49. The van der Waals surface area contributed by atoms with Crippen molar-refractivity contribution >= 4 is 34.8 Å². The van der Waals surface area contributed by atoms with Crippen molar-refractivity contribution in [3.8, 4) is 0 Å². The molecular weight excluding hydrogens is 368 g/mol. The molecule has 1 atom stereocenters.